The monoisotopic (exact) mass is 417 g/mol. The molecule has 2 aromatic heterocycles. The number of rotatable bonds is 6. The Bertz CT molecular complexity index is 1290. The number of nitrogens with one attached hydrogen (secondary N) is 1. The van der Waals surface area contributed by atoms with Crippen LogP contribution in [0.5, 0.6) is 5.75 Å². The Balaban J connectivity index is 1.79. The Labute approximate surface area is 179 Å². The van der Waals surface area contributed by atoms with Gasteiger partial charge in [0.2, 0.25) is 0 Å². The van der Waals surface area contributed by atoms with Gasteiger partial charge in [0.05, 0.1) is 18.8 Å². The summed E-state index contributed by atoms with van der Waals surface area (Å²) in [6.07, 6.45) is 0. The van der Waals surface area contributed by atoms with Gasteiger partial charge in [-0.15, -0.1) is 0 Å². The first-order valence-corrected chi connectivity index (χ1v) is 10.0. The molecule has 0 spiro atoms. The first kappa shape index (κ1) is 20.3. The fraction of sp³-hybridized carbons (Fsp3) is 0.217. The molecule has 0 atom stereocenters. The molecule has 0 aliphatic rings. The average molecular weight is 417 g/mol. The number of carbonyl (C=O) groups excluding carboxylic acids is 1. The Kier molecular flexibility index (Phi) is 5.53. The molecule has 158 valence electrons. The predicted molar refractivity (Wildman–Crippen MR) is 118 cm³/mol. The lowest BCUT2D eigenvalue weighted by Crippen LogP contribution is -2.31. The number of para-hydroxylation sites is 2. The first-order chi connectivity index (χ1) is 15.0. The van der Waals surface area contributed by atoms with Crippen LogP contribution < -0.4 is 15.2 Å². The largest absolute Gasteiger partial charge is 0.492 e. The number of fused-ring (bicyclic) bond motifs is 1. The fourth-order valence-corrected chi connectivity index (χ4v) is 3.33. The lowest BCUT2D eigenvalue weighted by atomic mass is 10.1. The zero-order chi connectivity index (χ0) is 22.0. The Morgan fingerprint density at radius 1 is 1.10 bits per heavy atom. The van der Waals surface area contributed by atoms with Gasteiger partial charge in [-0.2, -0.15) is 9.50 Å². The predicted octanol–water partition coefficient (Wildman–Crippen LogP) is 3.28. The molecule has 0 saturated heterocycles. The van der Waals surface area contributed by atoms with E-state index in [0.29, 0.717) is 35.1 Å². The zero-order valence-corrected chi connectivity index (χ0v) is 17.6. The Hall–Kier alpha value is -3.94. The van der Waals surface area contributed by atoms with Crippen molar-refractivity contribution < 1.29 is 9.53 Å². The van der Waals surface area contributed by atoms with Gasteiger partial charge < -0.3 is 4.74 Å². The molecular weight excluding hydrogens is 394 g/mol. The van der Waals surface area contributed by atoms with E-state index in [1.54, 1.807) is 24.0 Å². The number of ether oxygens (including phenoxy) is 1. The topological polar surface area (TPSA) is 92.6 Å². The van der Waals surface area contributed by atoms with Crippen LogP contribution in [0.4, 0.5) is 5.69 Å². The molecule has 2 aromatic carbocycles. The molecule has 0 radical (unpaired) electrons. The number of anilines is 1. The summed E-state index contributed by atoms with van der Waals surface area (Å²) < 4.78 is 7.03. The summed E-state index contributed by atoms with van der Waals surface area (Å²) in [5.74, 6) is 1.08. The number of hydrogen-bond acceptors (Lipinski definition) is 5. The van der Waals surface area contributed by atoms with Gasteiger partial charge in [-0.05, 0) is 45.0 Å². The molecule has 8 heteroatoms. The molecule has 0 aliphatic heterocycles. The summed E-state index contributed by atoms with van der Waals surface area (Å²) in [4.78, 5) is 36.0. The standard InChI is InChI=1S/C23H23N5O3/c1-4-31-19-8-6-5-7-18(19)27(22(30)17-11-9-15(2)10-12-17)14-20-25-23-24-16(3)13-21(29)28(23)26-20/h5-13H,4,14H2,1-3H3,(H,24,25,26). The maximum Gasteiger partial charge on any atom is 0.274 e. The van der Waals surface area contributed by atoms with Gasteiger partial charge in [-0.25, -0.2) is 4.98 Å². The van der Waals surface area contributed by atoms with Crippen molar-refractivity contribution >= 4 is 17.4 Å². The minimum atomic E-state index is -0.257. The highest BCUT2D eigenvalue weighted by Gasteiger charge is 2.23. The second kappa shape index (κ2) is 8.43. The number of aromatic amines is 1. The Morgan fingerprint density at radius 2 is 1.84 bits per heavy atom. The highest BCUT2D eigenvalue weighted by molar-refractivity contribution is 6.06. The molecule has 1 N–H and O–H groups in total. The van der Waals surface area contributed by atoms with Crippen LogP contribution in [0.15, 0.2) is 59.4 Å². The normalized spacial score (nSPS) is 10.9. The van der Waals surface area contributed by atoms with Crippen LogP contribution in [-0.4, -0.2) is 32.1 Å². The summed E-state index contributed by atoms with van der Waals surface area (Å²) in [5, 5.41) is 2.95. The molecule has 0 fully saturated rings. The van der Waals surface area contributed by atoms with Crippen LogP contribution in [0, 0.1) is 13.8 Å². The van der Waals surface area contributed by atoms with Crippen LogP contribution in [0.3, 0.4) is 0 Å². The minimum absolute atomic E-state index is 0.110. The second-order valence-electron chi connectivity index (χ2n) is 7.20. The van der Waals surface area contributed by atoms with E-state index in [2.05, 4.69) is 15.1 Å². The number of hydrogen-bond donors (Lipinski definition) is 1. The van der Waals surface area contributed by atoms with Gasteiger partial charge in [0.1, 0.15) is 11.6 Å². The van der Waals surface area contributed by atoms with E-state index >= 15 is 0 Å². The quantitative estimate of drug-likeness (QED) is 0.520. The van der Waals surface area contributed by atoms with Crippen LogP contribution in [0.2, 0.25) is 0 Å². The average Bonchev–Trinajstić information content (AvgIpc) is 3.16. The van der Waals surface area contributed by atoms with Crippen LogP contribution in [-0.2, 0) is 6.54 Å². The number of H-pyrrole nitrogens is 1. The van der Waals surface area contributed by atoms with Crippen LogP contribution >= 0.6 is 0 Å². The molecule has 0 aliphatic carbocycles. The minimum Gasteiger partial charge on any atom is -0.492 e. The molecule has 31 heavy (non-hydrogen) atoms. The molecule has 0 bridgehead atoms. The van der Waals surface area contributed by atoms with Gasteiger partial charge >= 0.3 is 0 Å². The van der Waals surface area contributed by atoms with Crippen molar-refractivity contribution in [2.45, 2.75) is 27.3 Å². The molecule has 4 aromatic rings. The van der Waals surface area contributed by atoms with Crippen molar-refractivity contribution in [3.63, 3.8) is 0 Å². The smallest absolute Gasteiger partial charge is 0.274 e. The SMILES string of the molecule is CCOc1ccccc1N(Cc1nc2nc(C)cc(=O)n2[nH]1)C(=O)c1ccc(C)cc1. The van der Waals surface area contributed by atoms with Crippen molar-refractivity contribution in [1.82, 2.24) is 19.6 Å². The number of carbonyl (C=O) groups is 1. The fourth-order valence-electron chi connectivity index (χ4n) is 3.33. The lowest BCUT2D eigenvalue weighted by Gasteiger charge is -2.24. The number of benzene rings is 2. The van der Waals surface area contributed by atoms with E-state index in [-0.39, 0.29) is 23.8 Å². The summed E-state index contributed by atoms with van der Waals surface area (Å²) in [6.45, 7) is 6.17. The number of amides is 1. The van der Waals surface area contributed by atoms with Gasteiger partial charge in [0.25, 0.3) is 17.2 Å². The molecular formula is C23H23N5O3. The third-order valence-corrected chi connectivity index (χ3v) is 4.81. The molecule has 0 unspecified atom stereocenters. The lowest BCUT2D eigenvalue weighted by molar-refractivity contribution is 0.0983. The van der Waals surface area contributed by atoms with Gasteiger partial charge in [-0.1, -0.05) is 29.8 Å². The van der Waals surface area contributed by atoms with Crippen molar-refractivity contribution in [2.24, 2.45) is 0 Å². The van der Waals surface area contributed by atoms with E-state index in [1.807, 2.05) is 50.2 Å². The van der Waals surface area contributed by atoms with Crippen LogP contribution in [0.1, 0.15) is 34.4 Å². The number of aryl methyl sites for hydroxylation is 2. The van der Waals surface area contributed by atoms with E-state index in [9.17, 15) is 9.59 Å². The summed E-state index contributed by atoms with van der Waals surface area (Å²) >= 11 is 0. The van der Waals surface area contributed by atoms with Crippen molar-refractivity contribution in [2.75, 3.05) is 11.5 Å². The maximum absolute atomic E-state index is 13.5. The molecule has 1 amide bonds. The van der Waals surface area contributed by atoms with Gasteiger partial charge in [0.15, 0.2) is 0 Å². The van der Waals surface area contributed by atoms with Gasteiger partial charge in [-0.3, -0.25) is 19.6 Å². The van der Waals surface area contributed by atoms with E-state index in [1.165, 1.54) is 10.6 Å². The van der Waals surface area contributed by atoms with Crippen molar-refractivity contribution in [3.05, 3.63) is 87.6 Å². The van der Waals surface area contributed by atoms with Gasteiger partial charge in [0, 0.05) is 17.3 Å². The van der Waals surface area contributed by atoms with E-state index in [4.69, 9.17) is 4.74 Å². The first-order valence-electron chi connectivity index (χ1n) is 10.0. The highest BCUT2D eigenvalue weighted by atomic mass is 16.5. The molecule has 4 rings (SSSR count). The molecule has 2 heterocycles. The van der Waals surface area contributed by atoms with E-state index < -0.39 is 0 Å². The molecule has 8 nitrogen and oxygen atoms in total. The van der Waals surface area contributed by atoms with Crippen molar-refractivity contribution in [1.29, 1.82) is 0 Å². The molecule has 0 saturated carbocycles. The highest BCUT2D eigenvalue weighted by Crippen LogP contribution is 2.30. The number of aromatic nitrogens is 4. The Morgan fingerprint density at radius 3 is 2.58 bits per heavy atom. The third kappa shape index (κ3) is 4.18. The summed E-state index contributed by atoms with van der Waals surface area (Å²) in [5.41, 5.74) is 2.55. The van der Waals surface area contributed by atoms with Crippen molar-refractivity contribution in [3.8, 4) is 5.75 Å². The second-order valence-corrected chi connectivity index (χ2v) is 7.20. The zero-order valence-electron chi connectivity index (χ0n) is 17.6. The summed E-state index contributed by atoms with van der Waals surface area (Å²) in [7, 11) is 0. The van der Waals surface area contributed by atoms with E-state index in [0.717, 1.165) is 5.56 Å². The van der Waals surface area contributed by atoms with Crippen LogP contribution in [0.25, 0.3) is 5.78 Å². The third-order valence-electron chi connectivity index (χ3n) is 4.81. The maximum atomic E-state index is 13.5. The summed E-state index contributed by atoms with van der Waals surface area (Å²) in [6, 6.07) is 16.2. The number of nitrogens with zero attached hydrogens (tertiary/aromatic N) is 4.